The number of nitrogens with zero attached hydrogens (tertiary/aromatic N) is 1. The Morgan fingerprint density at radius 1 is 1.33 bits per heavy atom. The van der Waals surface area contributed by atoms with E-state index in [0.717, 1.165) is 18.5 Å². The van der Waals surface area contributed by atoms with Gasteiger partial charge in [-0.3, -0.25) is 4.79 Å². The average Bonchev–Trinajstić information content (AvgIpc) is 2.31. The molecule has 1 aromatic carbocycles. The van der Waals surface area contributed by atoms with E-state index < -0.39 is 0 Å². The third-order valence-electron chi connectivity index (χ3n) is 2.60. The molecule has 0 amide bonds. The third-order valence-corrected chi connectivity index (χ3v) is 2.84. The molecule has 1 aromatic rings. The summed E-state index contributed by atoms with van der Waals surface area (Å²) in [5.74, 6) is 0.131. The minimum atomic E-state index is 0. The Hall–Kier alpha value is -1.50. The molecule has 0 aliphatic heterocycles. The number of allylic oxidation sites excluding steroid dienone is 2. The van der Waals surface area contributed by atoms with E-state index in [-0.39, 0.29) is 18.2 Å². The van der Waals surface area contributed by atoms with Crippen molar-refractivity contribution >= 4 is 35.5 Å². The molecule has 1 N–H and O–H groups in total. The monoisotopic (exact) mass is 282 g/mol. The normalized spacial score (nSPS) is 14.2. The predicted molar refractivity (Wildman–Crippen MR) is 74.0 cm³/mol. The molecule has 3 nitrogen and oxygen atoms in total. The van der Waals surface area contributed by atoms with Gasteiger partial charge in [0.1, 0.15) is 6.07 Å². The van der Waals surface area contributed by atoms with Crippen LogP contribution in [0.2, 0.25) is 5.02 Å². The minimum absolute atomic E-state index is 0. The minimum Gasteiger partial charge on any atom is -0.358 e. The van der Waals surface area contributed by atoms with Gasteiger partial charge in [0.05, 0.1) is 11.3 Å². The van der Waals surface area contributed by atoms with Gasteiger partial charge in [0.15, 0.2) is 5.78 Å². The first-order valence-electron chi connectivity index (χ1n) is 5.39. The van der Waals surface area contributed by atoms with Crippen LogP contribution in [0.3, 0.4) is 0 Å². The number of ketones is 1. The Bertz CT molecular complexity index is 532. The maximum atomic E-state index is 11.3. The second-order valence-corrected chi connectivity index (χ2v) is 4.35. The third kappa shape index (κ3) is 3.49. The maximum Gasteiger partial charge on any atom is 0.157 e. The Morgan fingerprint density at radius 3 is 2.78 bits per heavy atom. The fraction of sp³-hybridized carbons (Fsp3) is 0.231. The van der Waals surface area contributed by atoms with Crippen molar-refractivity contribution in [1.29, 1.82) is 5.26 Å². The van der Waals surface area contributed by atoms with E-state index in [2.05, 4.69) is 11.4 Å². The molecule has 5 heteroatoms. The molecule has 18 heavy (non-hydrogen) atoms. The van der Waals surface area contributed by atoms with Crippen LogP contribution in [0, 0.1) is 11.3 Å². The first-order chi connectivity index (χ1) is 8.19. The first-order valence-corrected chi connectivity index (χ1v) is 5.77. The highest BCUT2D eigenvalue weighted by Gasteiger charge is 2.11. The molecule has 2 rings (SSSR count). The molecule has 0 aromatic heterocycles. The van der Waals surface area contributed by atoms with Crippen molar-refractivity contribution in [3.63, 3.8) is 0 Å². The summed E-state index contributed by atoms with van der Waals surface area (Å²) in [6.07, 6.45) is 3.91. The van der Waals surface area contributed by atoms with Gasteiger partial charge in [-0.05, 0) is 31.0 Å². The lowest BCUT2D eigenvalue weighted by Gasteiger charge is -2.15. The van der Waals surface area contributed by atoms with Gasteiger partial charge in [0.25, 0.3) is 0 Å². The fourth-order valence-corrected chi connectivity index (χ4v) is 1.95. The van der Waals surface area contributed by atoms with Gasteiger partial charge in [-0.1, -0.05) is 11.6 Å². The van der Waals surface area contributed by atoms with Crippen LogP contribution in [0.25, 0.3) is 0 Å². The molecule has 0 atom stereocenters. The zero-order valence-electron chi connectivity index (χ0n) is 9.57. The number of rotatable bonds is 2. The molecular formula is C13H12Cl2N2O. The number of hydrogen-bond donors (Lipinski definition) is 1. The van der Waals surface area contributed by atoms with Gasteiger partial charge in [0.2, 0.25) is 0 Å². The van der Waals surface area contributed by atoms with E-state index in [1.54, 1.807) is 24.3 Å². The van der Waals surface area contributed by atoms with Gasteiger partial charge >= 0.3 is 0 Å². The molecule has 0 fully saturated rings. The fourth-order valence-electron chi connectivity index (χ4n) is 1.78. The van der Waals surface area contributed by atoms with Crippen molar-refractivity contribution in [2.24, 2.45) is 0 Å². The standard InChI is InChI=1S/C13H11ClN2O.ClH/c14-10-4-5-13(9(6-10)8-15)16-11-2-1-3-12(17)7-11;/h4-7,16H,1-3H2;1H. The van der Waals surface area contributed by atoms with Crippen LogP contribution in [0.15, 0.2) is 30.0 Å². The van der Waals surface area contributed by atoms with Crippen molar-refractivity contribution < 1.29 is 4.79 Å². The Balaban J connectivity index is 0.00000162. The molecule has 94 valence electrons. The predicted octanol–water partition coefficient (Wildman–Crippen LogP) is 3.68. The topological polar surface area (TPSA) is 52.9 Å². The highest BCUT2D eigenvalue weighted by Crippen LogP contribution is 2.24. The molecule has 0 radical (unpaired) electrons. The van der Waals surface area contributed by atoms with Gasteiger partial charge in [-0.2, -0.15) is 5.26 Å². The Kier molecular flexibility index (Phi) is 5.21. The van der Waals surface area contributed by atoms with Crippen LogP contribution in [0.1, 0.15) is 24.8 Å². The summed E-state index contributed by atoms with van der Waals surface area (Å²) in [5, 5.41) is 12.6. The molecule has 1 aliphatic rings. The summed E-state index contributed by atoms with van der Waals surface area (Å²) in [5.41, 5.74) is 2.04. The summed E-state index contributed by atoms with van der Waals surface area (Å²) < 4.78 is 0. The van der Waals surface area contributed by atoms with Gasteiger partial charge < -0.3 is 5.32 Å². The van der Waals surface area contributed by atoms with Crippen LogP contribution in [0.5, 0.6) is 0 Å². The van der Waals surface area contributed by atoms with E-state index in [1.165, 1.54) is 0 Å². The maximum absolute atomic E-state index is 11.3. The zero-order chi connectivity index (χ0) is 12.3. The number of hydrogen-bond acceptors (Lipinski definition) is 3. The molecule has 0 saturated heterocycles. The summed E-state index contributed by atoms with van der Waals surface area (Å²) in [6, 6.07) is 7.15. The highest BCUT2D eigenvalue weighted by molar-refractivity contribution is 6.30. The molecule has 0 spiro atoms. The summed E-state index contributed by atoms with van der Waals surface area (Å²) in [7, 11) is 0. The van der Waals surface area contributed by atoms with E-state index in [4.69, 9.17) is 16.9 Å². The second kappa shape index (κ2) is 6.44. The lowest BCUT2D eigenvalue weighted by Crippen LogP contribution is -2.09. The zero-order valence-corrected chi connectivity index (χ0v) is 11.1. The van der Waals surface area contributed by atoms with Crippen molar-refractivity contribution in [2.75, 3.05) is 5.32 Å². The highest BCUT2D eigenvalue weighted by atomic mass is 35.5. The molecule has 1 aliphatic carbocycles. The summed E-state index contributed by atoms with van der Waals surface area (Å²) in [4.78, 5) is 11.3. The number of nitrogens with one attached hydrogen (secondary N) is 1. The van der Waals surface area contributed by atoms with Crippen LogP contribution in [-0.2, 0) is 4.79 Å². The number of anilines is 1. The van der Waals surface area contributed by atoms with E-state index in [0.29, 0.717) is 22.7 Å². The number of carbonyl (C=O) groups excluding carboxylic acids is 1. The largest absolute Gasteiger partial charge is 0.358 e. The second-order valence-electron chi connectivity index (χ2n) is 3.92. The van der Waals surface area contributed by atoms with E-state index >= 15 is 0 Å². The van der Waals surface area contributed by atoms with Gasteiger partial charge in [-0.25, -0.2) is 0 Å². The van der Waals surface area contributed by atoms with E-state index in [9.17, 15) is 4.79 Å². The number of halogens is 2. The summed E-state index contributed by atoms with van der Waals surface area (Å²) >= 11 is 5.81. The number of nitriles is 1. The Morgan fingerprint density at radius 2 is 2.11 bits per heavy atom. The number of carbonyl (C=O) groups is 1. The lowest BCUT2D eigenvalue weighted by molar-refractivity contribution is -0.115. The smallest absolute Gasteiger partial charge is 0.157 e. The summed E-state index contributed by atoms with van der Waals surface area (Å²) in [6.45, 7) is 0. The van der Waals surface area contributed by atoms with Crippen molar-refractivity contribution in [3.05, 3.63) is 40.6 Å². The SMILES string of the molecule is Cl.N#Cc1cc(Cl)ccc1NC1=CC(=O)CCC1. The van der Waals surface area contributed by atoms with Crippen LogP contribution < -0.4 is 5.32 Å². The van der Waals surface area contributed by atoms with Crippen LogP contribution in [0.4, 0.5) is 5.69 Å². The molecule has 0 bridgehead atoms. The van der Waals surface area contributed by atoms with Gasteiger partial charge in [0, 0.05) is 23.2 Å². The quantitative estimate of drug-likeness (QED) is 0.900. The van der Waals surface area contributed by atoms with Crippen molar-refractivity contribution in [3.8, 4) is 6.07 Å². The molecular weight excluding hydrogens is 271 g/mol. The molecule has 0 heterocycles. The van der Waals surface area contributed by atoms with Crippen molar-refractivity contribution in [2.45, 2.75) is 19.3 Å². The number of benzene rings is 1. The van der Waals surface area contributed by atoms with E-state index in [1.807, 2.05) is 0 Å². The average molecular weight is 283 g/mol. The van der Waals surface area contributed by atoms with Crippen molar-refractivity contribution in [1.82, 2.24) is 0 Å². The Labute approximate surface area is 117 Å². The lowest BCUT2D eigenvalue weighted by atomic mass is 10.0. The van der Waals surface area contributed by atoms with Gasteiger partial charge in [-0.15, -0.1) is 12.4 Å². The van der Waals surface area contributed by atoms with Crippen LogP contribution >= 0.6 is 24.0 Å². The molecule has 0 unspecified atom stereocenters. The molecule has 0 saturated carbocycles. The van der Waals surface area contributed by atoms with Crippen LogP contribution in [-0.4, -0.2) is 5.78 Å². The first kappa shape index (κ1) is 14.6.